The molecule has 0 atom stereocenters. The zero-order chi connectivity index (χ0) is 11.1. The molecule has 0 saturated heterocycles. The second kappa shape index (κ2) is 3.23. The molecule has 0 aromatic carbocycles. The van der Waals surface area contributed by atoms with Crippen molar-refractivity contribution in [2.24, 2.45) is 0 Å². The van der Waals surface area contributed by atoms with Gasteiger partial charge in [-0.15, -0.1) is 0 Å². The topological polar surface area (TPSA) is 56.6 Å². The quantitative estimate of drug-likeness (QED) is 0.698. The lowest BCUT2D eigenvalue weighted by atomic mass is 9.76. The summed E-state index contributed by atoms with van der Waals surface area (Å²) in [4.78, 5) is 14.4. The van der Waals surface area contributed by atoms with Crippen molar-refractivity contribution < 1.29 is 0 Å². The number of nitrogens with zero attached hydrogens (tertiary/aromatic N) is 1. The van der Waals surface area contributed by atoms with Gasteiger partial charge in [-0.2, -0.15) is 5.26 Å². The van der Waals surface area contributed by atoms with Crippen LogP contribution in [0.25, 0.3) is 0 Å². The average molecular weight is 202 g/mol. The van der Waals surface area contributed by atoms with Gasteiger partial charge in [0.1, 0.15) is 11.6 Å². The molecule has 0 fully saturated rings. The number of aromatic nitrogens is 1. The van der Waals surface area contributed by atoms with Gasteiger partial charge in [0, 0.05) is 11.1 Å². The first-order chi connectivity index (χ1) is 7.04. The van der Waals surface area contributed by atoms with Gasteiger partial charge in [-0.1, -0.05) is 13.8 Å². The summed E-state index contributed by atoms with van der Waals surface area (Å²) in [6, 6.07) is 3.67. The molecule has 1 heterocycles. The van der Waals surface area contributed by atoms with Crippen LogP contribution in [0.3, 0.4) is 0 Å². The number of rotatable bonds is 0. The number of aryl methyl sites for hydroxylation is 1. The molecular formula is C12H14N2O. The highest BCUT2D eigenvalue weighted by atomic mass is 16.1. The first-order valence-corrected chi connectivity index (χ1v) is 5.21. The van der Waals surface area contributed by atoms with Crippen molar-refractivity contribution in [3.63, 3.8) is 0 Å². The number of pyridine rings is 1. The summed E-state index contributed by atoms with van der Waals surface area (Å²) in [7, 11) is 0. The van der Waals surface area contributed by atoms with Crippen molar-refractivity contribution in [1.29, 1.82) is 5.26 Å². The molecule has 1 aliphatic carbocycles. The van der Waals surface area contributed by atoms with Crippen LogP contribution >= 0.6 is 0 Å². The third kappa shape index (κ3) is 1.56. The van der Waals surface area contributed by atoms with Crippen LogP contribution in [0.2, 0.25) is 0 Å². The summed E-state index contributed by atoms with van der Waals surface area (Å²) in [6.07, 6.45) is 3.17. The second-order valence-electron chi connectivity index (χ2n) is 4.76. The Balaban J connectivity index is 2.67. The van der Waals surface area contributed by atoms with Crippen molar-refractivity contribution in [3.8, 4) is 6.07 Å². The maximum Gasteiger partial charge on any atom is 0.266 e. The fourth-order valence-corrected chi connectivity index (χ4v) is 2.30. The van der Waals surface area contributed by atoms with E-state index in [4.69, 9.17) is 5.26 Å². The van der Waals surface area contributed by atoms with Crippen molar-refractivity contribution >= 4 is 0 Å². The van der Waals surface area contributed by atoms with Gasteiger partial charge < -0.3 is 4.98 Å². The molecule has 0 bridgehead atoms. The zero-order valence-electron chi connectivity index (χ0n) is 9.05. The molecule has 1 aromatic rings. The molecule has 0 saturated carbocycles. The summed E-state index contributed by atoms with van der Waals surface area (Å²) >= 11 is 0. The lowest BCUT2D eigenvalue weighted by Gasteiger charge is -2.31. The lowest BCUT2D eigenvalue weighted by Crippen LogP contribution is -2.29. The molecular weight excluding hydrogens is 188 g/mol. The molecule has 0 radical (unpaired) electrons. The standard InChI is InChI=1S/C12H14N2O/c1-12(2)5-3-4-8-6-9(7-13)11(15)14-10(8)12/h6H,3-5H2,1-2H3,(H,14,15). The van der Waals surface area contributed by atoms with Crippen molar-refractivity contribution in [2.75, 3.05) is 0 Å². The second-order valence-corrected chi connectivity index (χ2v) is 4.76. The number of nitriles is 1. The fraction of sp³-hybridized carbons (Fsp3) is 0.500. The Kier molecular flexibility index (Phi) is 2.15. The van der Waals surface area contributed by atoms with Crippen LogP contribution in [0.5, 0.6) is 0 Å². The largest absolute Gasteiger partial charge is 0.324 e. The van der Waals surface area contributed by atoms with E-state index in [1.165, 1.54) is 0 Å². The Hall–Kier alpha value is -1.56. The van der Waals surface area contributed by atoms with E-state index in [1.54, 1.807) is 6.07 Å². The summed E-state index contributed by atoms with van der Waals surface area (Å²) in [5.41, 5.74) is 2.14. The minimum atomic E-state index is -0.258. The van der Waals surface area contributed by atoms with E-state index >= 15 is 0 Å². The monoisotopic (exact) mass is 202 g/mol. The van der Waals surface area contributed by atoms with Gasteiger partial charge in [-0.25, -0.2) is 0 Å². The van der Waals surface area contributed by atoms with Gasteiger partial charge in [0.25, 0.3) is 5.56 Å². The van der Waals surface area contributed by atoms with Gasteiger partial charge in [0.05, 0.1) is 0 Å². The number of fused-ring (bicyclic) bond motifs is 1. The Bertz CT molecular complexity index is 491. The van der Waals surface area contributed by atoms with Gasteiger partial charge in [-0.3, -0.25) is 4.79 Å². The van der Waals surface area contributed by atoms with E-state index in [0.29, 0.717) is 0 Å². The minimum Gasteiger partial charge on any atom is -0.324 e. The third-order valence-corrected chi connectivity index (χ3v) is 3.17. The SMILES string of the molecule is CC1(C)CCCc2cc(C#N)c(=O)[nH]c21. The number of aromatic amines is 1. The molecule has 1 N–H and O–H groups in total. The minimum absolute atomic E-state index is 0.0285. The summed E-state index contributed by atoms with van der Waals surface area (Å²) in [6.45, 7) is 4.26. The van der Waals surface area contributed by atoms with Crippen LogP contribution in [-0.4, -0.2) is 4.98 Å². The van der Waals surface area contributed by atoms with E-state index in [9.17, 15) is 4.79 Å². The van der Waals surface area contributed by atoms with E-state index in [0.717, 1.165) is 30.5 Å². The molecule has 3 heteroatoms. The number of nitrogens with one attached hydrogen (secondary N) is 1. The molecule has 0 aliphatic heterocycles. The zero-order valence-corrected chi connectivity index (χ0v) is 9.05. The van der Waals surface area contributed by atoms with Crippen LogP contribution < -0.4 is 5.56 Å². The van der Waals surface area contributed by atoms with Gasteiger partial charge in [0.2, 0.25) is 0 Å². The smallest absolute Gasteiger partial charge is 0.266 e. The van der Waals surface area contributed by atoms with Crippen molar-refractivity contribution in [2.45, 2.75) is 38.5 Å². The summed E-state index contributed by atoms with van der Waals surface area (Å²) in [5.74, 6) is 0. The van der Waals surface area contributed by atoms with Crippen LogP contribution in [0.1, 0.15) is 43.5 Å². The number of hydrogen-bond acceptors (Lipinski definition) is 2. The summed E-state index contributed by atoms with van der Waals surface area (Å²) in [5, 5.41) is 8.78. The Morgan fingerprint density at radius 1 is 1.53 bits per heavy atom. The van der Waals surface area contributed by atoms with Crippen LogP contribution in [0.15, 0.2) is 10.9 Å². The van der Waals surface area contributed by atoms with Crippen LogP contribution in [0, 0.1) is 11.3 Å². The Morgan fingerprint density at radius 3 is 2.93 bits per heavy atom. The molecule has 1 aromatic heterocycles. The van der Waals surface area contributed by atoms with E-state index in [2.05, 4.69) is 18.8 Å². The highest BCUT2D eigenvalue weighted by molar-refractivity contribution is 5.37. The maximum atomic E-state index is 11.5. The maximum absolute atomic E-state index is 11.5. The van der Waals surface area contributed by atoms with Crippen LogP contribution in [-0.2, 0) is 11.8 Å². The van der Waals surface area contributed by atoms with Crippen molar-refractivity contribution in [1.82, 2.24) is 4.98 Å². The molecule has 0 spiro atoms. The molecule has 1 aliphatic rings. The normalized spacial score (nSPS) is 17.9. The van der Waals surface area contributed by atoms with Crippen LogP contribution in [0.4, 0.5) is 0 Å². The van der Waals surface area contributed by atoms with Gasteiger partial charge in [0.15, 0.2) is 0 Å². The third-order valence-electron chi connectivity index (χ3n) is 3.17. The van der Waals surface area contributed by atoms with E-state index in [-0.39, 0.29) is 16.5 Å². The molecule has 0 amide bonds. The predicted octanol–water partition coefficient (Wildman–Crippen LogP) is 1.86. The predicted molar refractivity (Wildman–Crippen MR) is 57.7 cm³/mol. The lowest BCUT2D eigenvalue weighted by molar-refractivity contribution is 0.417. The fourth-order valence-electron chi connectivity index (χ4n) is 2.30. The number of H-pyrrole nitrogens is 1. The average Bonchev–Trinajstić information content (AvgIpc) is 2.18. The highest BCUT2D eigenvalue weighted by Gasteiger charge is 2.28. The summed E-state index contributed by atoms with van der Waals surface area (Å²) < 4.78 is 0. The van der Waals surface area contributed by atoms with E-state index < -0.39 is 0 Å². The van der Waals surface area contributed by atoms with Gasteiger partial charge >= 0.3 is 0 Å². The van der Waals surface area contributed by atoms with Crippen molar-refractivity contribution in [3.05, 3.63) is 33.2 Å². The molecule has 0 unspecified atom stereocenters. The first-order valence-electron chi connectivity index (χ1n) is 5.21. The van der Waals surface area contributed by atoms with E-state index in [1.807, 2.05) is 6.07 Å². The van der Waals surface area contributed by atoms with Gasteiger partial charge in [-0.05, 0) is 30.9 Å². The Morgan fingerprint density at radius 2 is 2.27 bits per heavy atom. The molecule has 2 rings (SSSR count). The Labute approximate surface area is 88.8 Å². The molecule has 3 nitrogen and oxygen atoms in total. The first kappa shape index (κ1) is 9.97. The highest BCUT2D eigenvalue weighted by Crippen LogP contribution is 2.34. The molecule has 15 heavy (non-hydrogen) atoms. The number of hydrogen-bond donors (Lipinski definition) is 1. The molecule has 78 valence electrons.